The molecule has 0 spiro atoms. The Balaban J connectivity index is 2.17. The van der Waals surface area contributed by atoms with Crippen molar-refractivity contribution >= 4 is 41.4 Å². The van der Waals surface area contributed by atoms with Gasteiger partial charge in [0.25, 0.3) is 0 Å². The quantitative estimate of drug-likeness (QED) is 0.200. The second-order valence-electron chi connectivity index (χ2n) is 8.35. The second kappa shape index (κ2) is 11.5. The van der Waals surface area contributed by atoms with Crippen LogP contribution in [0.2, 0.25) is 0 Å². The number of aliphatic carboxylic acids is 1. The molecule has 0 aliphatic carbocycles. The van der Waals surface area contributed by atoms with Crippen molar-refractivity contribution in [1.82, 2.24) is 15.1 Å². The van der Waals surface area contributed by atoms with E-state index >= 15 is 0 Å². The average molecular weight is 482 g/mol. The van der Waals surface area contributed by atoms with E-state index in [4.69, 9.17) is 22.3 Å². The first-order valence-corrected chi connectivity index (χ1v) is 11.0. The molecule has 2 aliphatic heterocycles. The van der Waals surface area contributed by atoms with Crippen molar-refractivity contribution < 1.29 is 38.7 Å². The fraction of sp³-hybridized carbons (Fsp3) is 0.650. The van der Waals surface area contributed by atoms with Gasteiger partial charge in [0.1, 0.15) is 18.1 Å². The summed E-state index contributed by atoms with van der Waals surface area (Å²) < 4.78 is 0. The molecule has 188 valence electrons. The lowest BCUT2D eigenvalue weighted by atomic mass is 10.1. The maximum absolute atomic E-state index is 13.1. The third-order valence-corrected chi connectivity index (χ3v) is 5.90. The number of hydrogen-bond donors (Lipinski definition) is 5. The lowest BCUT2D eigenvalue weighted by molar-refractivity contribution is -0.149. The monoisotopic (exact) mass is 482 g/mol. The first-order chi connectivity index (χ1) is 15.9. The largest absolute Gasteiger partial charge is 0.481 e. The third-order valence-electron chi connectivity index (χ3n) is 5.90. The summed E-state index contributed by atoms with van der Waals surface area (Å²) in [6.07, 6.45) is -0.290. The molecular weight excluding hydrogens is 452 g/mol. The van der Waals surface area contributed by atoms with E-state index in [2.05, 4.69) is 5.32 Å². The van der Waals surface area contributed by atoms with E-state index in [9.17, 15) is 33.6 Å². The summed E-state index contributed by atoms with van der Waals surface area (Å²) in [5.41, 5.74) is 16.2. The maximum Gasteiger partial charge on any atom is 0.303 e. The van der Waals surface area contributed by atoms with Gasteiger partial charge in [0, 0.05) is 25.8 Å². The van der Waals surface area contributed by atoms with Gasteiger partial charge in [-0.2, -0.15) is 0 Å². The summed E-state index contributed by atoms with van der Waals surface area (Å²) in [6.45, 7) is 0.215. The molecule has 34 heavy (non-hydrogen) atoms. The molecule has 14 heteroatoms. The summed E-state index contributed by atoms with van der Waals surface area (Å²) in [4.78, 5) is 86.7. The first kappa shape index (κ1) is 26.7. The first-order valence-electron chi connectivity index (χ1n) is 11.0. The number of amides is 6. The van der Waals surface area contributed by atoms with Gasteiger partial charge in [-0.05, 0) is 32.1 Å². The highest BCUT2D eigenvalue weighted by Gasteiger charge is 2.43. The summed E-state index contributed by atoms with van der Waals surface area (Å²) in [6, 6.07) is -4.67. The van der Waals surface area contributed by atoms with Crippen LogP contribution in [0, 0.1) is 0 Å². The molecule has 14 nitrogen and oxygen atoms in total. The summed E-state index contributed by atoms with van der Waals surface area (Å²) in [5.74, 6) is -5.59. The molecular formula is C20H30N6O8. The van der Waals surface area contributed by atoms with Gasteiger partial charge in [-0.25, -0.2) is 0 Å². The van der Waals surface area contributed by atoms with Crippen LogP contribution >= 0.6 is 0 Å². The van der Waals surface area contributed by atoms with Gasteiger partial charge in [-0.3, -0.25) is 38.5 Å². The molecule has 0 aromatic carbocycles. The van der Waals surface area contributed by atoms with Crippen molar-refractivity contribution in [1.29, 1.82) is 0 Å². The zero-order valence-corrected chi connectivity index (χ0v) is 18.6. The van der Waals surface area contributed by atoms with Gasteiger partial charge in [0.2, 0.25) is 35.4 Å². The lowest BCUT2D eigenvalue weighted by Gasteiger charge is -2.30. The Morgan fingerprint density at radius 3 is 2.26 bits per heavy atom. The highest BCUT2D eigenvalue weighted by molar-refractivity contribution is 6.05. The van der Waals surface area contributed by atoms with E-state index in [0.29, 0.717) is 17.7 Å². The number of carboxylic acids is 1. The predicted octanol–water partition coefficient (Wildman–Crippen LogP) is -3.08. The van der Waals surface area contributed by atoms with E-state index < -0.39 is 72.0 Å². The summed E-state index contributed by atoms with van der Waals surface area (Å²) >= 11 is 0. The number of nitrogens with zero attached hydrogens (tertiary/aromatic N) is 2. The standard InChI is InChI=1S/C20H30N6O8/c21-10(3-6-14(22)27)19(33)26-13(5-7-15(26)28)18(32)24-11(4-8-16(29)30)20(34)25-9-1-2-12(25)17(23)31/h10-13H,1-9,21H2,(H2,22,27)(H2,23,31)(H,24,32)(H,29,30)/t10-,11-,12-,13-/m0/s1. The Hall–Kier alpha value is -3.55. The SMILES string of the molecule is NC(=O)CC[C@H](N)C(=O)N1C(=O)CC[C@H]1C(=O)N[C@@H](CCC(=O)O)C(=O)N1CCC[C@H]1C(N)=O. The number of imide groups is 1. The number of nitrogens with two attached hydrogens (primary N) is 3. The van der Waals surface area contributed by atoms with E-state index in [-0.39, 0.29) is 38.6 Å². The van der Waals surface area contributed by atoms with Crippen molar-refractivity contribution in [2.45, 2.75) is 75.5 Å². The Labute approximate surface area is 195 Å². The molecule has 0 radical (unpaired) electrons. The Kier molecular flexibility index (Phi) is 9.06. The van der Waals surface area contributed by atoms with Crippen LogP contribution in [-0.4, -0.2) is 87.0 Å². The van der Waals surface area contributed by atoms with E-state index in [1.54, 1.807) is 0 Å². The minimum Gasteiger partial charge on any atom is -0.481 e. The van der Waals surface area contributed by atoms with Crippen LogP contribution in [0.5, 0.6) is 0 Å². The lowest BCUT2D eigenvalue weighted by Crippen LogP contribution is -2.57. The predicted molar refractivity (Wildman–Crippen MR) is 114 cm³/mol. The summed E-state index contributed by atoms with van der Waals surface area (Å²) in [7, 11) is 0. The molecule has 0 saturated carbocycles. The fourth-order valence-electron chi connectivity index (χ4n) is 4.13. The van der Waals surface area contributed by atoms with Crippen molar-refractivity contribution in [3.63, 3.8) is 0 Å². The Bertz CT molecular complexity index is 877. The number of nitrogens with one attached hydrogen (secondary N) is 1. The number of carboxylic acid groups (broad SMARTS) is 1. The molecule has 6 amide bonds. The number of primary amides is 2. The number of carbonyl (C=O) groups excluding carboxylic acids is 6. The van der Waals surface area contributed by atoms with E-state index in [1.165, 1.54) is 4.90 Å². The molecule has 2 heterocycles. The molecule has 2 saturated heterocycles. The van der Waals surface area contributed by atoms with Crippen LogP contribution in [0.15, 0.2) is 0 Å². The van der Waals surface area contributed by atoms with Crippen molar-refractivity contribution in [2.24, 2.45) is 17.2 Å². The van der Waals surface area contributed by atoms with Crippen LogP contribution < -0.4 is 22.5 Å². The molecule has 0 bridgehead atoms. The Morgan fingerprint density at radius 1 is 1.00 bits per heavy atom. The van der Waals surface area contributed by atoms with Crippen molar-refractivity contribution in [3.05, 3.63) is 0 Å². The highest BCUT2D eigenvalue weighted by atomic mass is 16.4. The topological polar surface area (TPSA) is 236 Å². The fourth-order valence-corrected chi connectivity index (χ4v) is 4.13. The summed E-state index contributed by atoms with van der Waals surface area (Å²) in [5, 5.41) is 11.5. The molecule has 0 aromatic rings. The minimum absolute atomic E-state index is 0.0214. The van der Waals surface area contributed by atoms with Crippen molar-refractivity contribution in [3.8, 4) is 0 Å². The molecule has 2 rings (SSSR count). The molecule has 2 aliphatic rings. The van der Waals surface area contributed by atoms with Gasteiger partial charge in [0.05, 0.1) is 6.04 Å². The van der Waals surface area contributed by atoms with E-state index in [0.717, 1.165) is 0 Å². The van der Waals surface area contributed by atoms with Crippen LogP contribution in [-0.2, 0) is 33.6 Å². The van der Waals surface area contributed by atoms with Crippen LogP contribution in [0.4, 0.5) is 0 Å². The second-order valence-corrected chi connectivity index (χ2v) is 8.35. The molecule has 8 N–H and O–H groups in total. The number of likely N-dealkylation sites (tertiary alicyclic amines) is 2. The molecule has 0 aromatic heterocycles. The third kappa shape index (κ3) is 6.50. The highest BCUT2D eigenvalue weighted by Crippen LogP contribution is 2.22. The average Bonchev–Trinajstić information content (AvgIpc) is 3.40. The smallest absolute Gasteiger partial charge is 0.303 e. The zero-order valence-electron chi connectivity index (χ0n) is 18.6. The Morgan fingerprint density at radius 2 is 1.68 bits per heavy atom. The van der Waals surface area contributed by atoms with Crippen LogP contribution in [0.1, 0.15) is 51.4 Å². The number of rotatable bonds is 11. The van der Waals surface area contributed by atoms with Crippen LogP contribution in [0.3, 0.4) is 0 Å². The van der Waals surface area contributed by atoms with Gasteiger partial charge in [-0.15, -0.1) is 0 Å². The van der Waals surface area contributed by atoms with Gasteiger partial charge < -0.3 is 32.5 Å². The zero-order chi connectivity index (χ0) is 25.6. The van der Waals surface area contributed by atoms with E-state index in [1.807, 2.05) is 0 Å². The minimum atomic E-state index is -1.31. The number of carbonyl (C=O) groups is 7. The van der Waals surface area contributed by atoms with Gasteiger partial charge in [-0.1, -0.05) is 0 Å². The van der Waals surface area contributed by atoms with Gasteiger partial charge >= 0.3 is 5.97 Å². The van der Waals surface area contributed by atoms with Crippen molar-refractivity contribution in [2.75, 3.05) is 6.54 Å². The number of hydrogen-bond acceptors (Lipinski definition) is 8. The van der Waals surface area contributed by atoms with Gasteiger partial charge in [0.15, 0.2) is 0 Å². The van der Waals surface area contributed by atoms with Crippen LogP contribution in [0.25, 0.3) is 0 Å². The normalized spacial score (nSPS) is 21.7. The maximum atomic E-state index is 13.1. The molecule has 0 unspecified atom stereocenters. The molecule has 4 atom stereocenters. The molecule has 2 fully saturated rings.